The van der Waals surface area contributed by atoms with Crippen molar-refractivity contribution in [2.75, 3.05) is 10.6 Å². The lowest BCUT2D eigenvalue weighted by Gasteiger charge is -2.27. The van der Waals surface area contributed by atoms with Gasteiger partial charge in [0.05, 0.1) is 22.9 Å². The first-order valence-electron chi connectivity index (χ1n) is 8.74. The third-order valence-electron chi connectivity index (χ3n) is 4.47. The van der Waals surface area contributed by atoms with Crippen LogP contribution in [0.4, 0.5) is 11.5 Å². The largest absolute Gasteiger partial charge is 0.404 e. The quantitative estimate of drug-likeness (QED) is 0.603. The van der Waals surface area contributed by atoms with Gasteiger partial charge < -0.3 is 22.1 Å². The number of nitrogens with one attached hydrogen (secondary N) is 2. The highest BCUT2D eigenvalue weighted by Crippen LogP contribution is 2.24. The summed E-state index contributed by atoms with van der Waals surface area (Å²) < 4.78 is 0. The number of nitrogens with zero attached hydrogens (tertiary/aromatic N) is 2. The molecule has 0 aromatic carbocycles. The fourth-order valence-electron chi connectivity index (χ4n) is 2.71. The Morgan fingerprint density at radius 3 is 2.72 bits per heavy atom. The molecule has 2 heterocycles. The highest BCUT2D eigenvalue weighted by molar-refractivity contribution is 5.79. The van der Waals surface area contributed by atoms with Crippen LogP contribution in [0.3, 0.4) is 0 Å². The topological polar surface area (TPSA) is 102 Å². The molecule has 3 rings (SSSR count). The molecule has 0 unspecified atom stereocenters. The summed E-state index contributed by atoms with van der Waals surface area (Å²) in [5, 5.41) is 6.62. The first-order valence-corrected chi connectivity index (χ1v) is 8.74. The molecule has 6 nitrogen and oxygen atoms in total. The third kappa shape index (κ3) is 4.21. The minimum absolute atomic E-state index is 0.305. The van der Waals surface area contributed by atoms with E-state index in [1.807, 2.05) is 30.5 Å². The van der Waals surface area contributed by atoms with Gasteiger partial charge in [-0.05, 0) is 61.2 Å². The lowest BCUT2D eigenvalue weighted by Crippen LogP contribution is -2.26. The maximum Gasteiger partial charge on any atom is 0.132 e. The Morgan fingerprint density at radius 2 is 2.08 bits per heavy atom. The summed E-state index contributed by atoms with van der Waals surface area (Å²) in [6.45, 7) is 4.14. The molecule has 0 radical (unpaired) electrons. The van der Waals surface area contributed by atoms with Crippen LogP contribution in [0.5, 0.6) is 0 Å². The molecule has 2 aromatic heterocycles. The van der Waals surface area contributed by atoms with Crippen LogP contribution in [-0.2, 0) is 0 Å². The van der Waals surface area contributed by atoms with E-state index in [2.05, 4.69) is 34.4 Å². The molecule has 25 heavy (non-hydrogen) atoms. The maximum absolute atomic E-state index is 6.07. The molecular weight excluding hydrogens is 312 g/mol. The van der Waals surface area contributed by atoms with Crippen LogP contribution in [0.1, 0.15) is 33.1 Å². The molecule has 1 aliphatic carbocycles. The van der Waals surface area contributed by atoms with E-state index in [1.54, 1.807) is 6.20 Å². The van der Waals surface area contributed by atoms with Gasteiger partial charge in [0.15, 0.2) is 0 Å². The number of rotatable bonds is 6. The van der Waals surface area contributed by atoms with Gasteiger partial charge in [-0.25, -0.2) is 4.98 Å². The molecule has 2 aromatic rings. The van der Waals surface area contributed by atoms with E-state index in [4.69, 9.17) is 11.5 Å². The van der Waals surface area contributed by atoms with Gasteiger partial charge in [0.25, 0.3) is 0 Å². The average molecular weight is 338 g/mol. The van der Waals surface area contributed by atoms with Crippen molar-refractivity contribution >= 4 is 22.5 Å². The van der Waals surface area contributed by atoms with E-state index in [0.29, 0.717) is 23.6 Å². The van der Waals surface area contributed by atoms with Gasteiger partial charge in [-0.3, -0.25) is 4.98 Å². The molecule has 0 saturated heterocycles. The van der Waals surface area contributed by atoms with Crippen molar-refractivity contribution in [3.05, 3.63) is 48.1 Å². The molecule has 0 amide bonds. The molecule has 0 atom stereocenters. The van der Waals surface area contributed by atoms with E-state index in [-0.39, 0.29) is 0 Å². The predicted octanol–water partition coefficient (Wildman–Crippen LogP) is 3.30. The second-order valence-corrected chi connectivity index (χ2v) is 6.78. The number of pyridine rings is 2. The Bertz CT molecular complexity index is 805. The van der Waals surface area contributed by atoms with Gasteiger partial charge in [0.1, 0.15) is 11.6 Å². The third-order valence-corrected chi connectivity index (χ3v) is 4.47. The molecule has 132 valence electrons. The number of hydrogen-bond acceptors (Lipinski definition) is 6. The van der Waals surface area contributed by atoms with Crippen molar-refractivity contribution in [1.29, 1.82) is 0 Å². The van der Waals surface area contributed by atoms with Gasteiger partial charge >= 0.3 is 0 Å². The molecular formula is C19H26N6. The summed E-state index contributed by atoms with van der Waals surface area (Å²) in [6, 6.07) is 6.41. The lowest BCUT2D eigenvalue weighted by atomic mass is 9.93. The van der Waals surface area contributed by atoms with Crippen molar-refractivity contribution < 1.29 is 0 Å². The molecule has 0 bridgehead atoms. The Kier molecular flexibility index (Phi) is 5.07. The zero-order valence-electron chi connectivity index (χ0n) is 14.8. The monoisotopic (exact) mass is 338 g/mol. The second kappa shape index (κ2) is 7.42. The molecule has 6 N–H and O–H groups in total. The molecule has 6 heteroatoms. The Morgan fingerprint density at radius 1 is 1.28 bits per heavy atom. The number of nitrogens with two attached hydrogens (primary N) is 2. The van der Waals surface area contributed by atoms with Gasteiger partial charge in [0, 0.05) is 6.04 Å². The van der Waals surface area contributed by atoms with Crippen LogP contribution < -0.4 is 22.1 Å². The van der Waals surface area contributed by atoms with Crippen LogP contribution in [0.15, 0.2) is 48.1 Å². The summed E-state index contributed by atoms with van der Waals surface area (Å²) >= 11 is 0. The zero-order chi connectivity index (χ0) is 17.8. The Hall–Kier alpha value is -2.76. The van der Waals surface area contributed by atoms with Crippen molar-refractivity contribution in [3.63, 3.8) is 0 Å². The van der Waals surface area contributed by atoms with Gasteiger partial charge in [-0.1, -0.05) is 13.8 Å². The predicted molar refractivity (Wildman–Crippen MR) is 104 cm³/mol. The SMILES string of the molecule is CC(C)C(=C/N)/C=C(\N)Nc1ccc2ncc(NC3CCC3)cc2n1. The van der Waals surface area contributed by atoms with Gasteiger partial charge in [-0.2, -0.15) is 0 Å². The van der Waals surface area contributed by atoms with E-state index in [0.717, 1.165) is 22.3 Å². The van der Waals surface area contributed by atoms with Gasteiger partial charge in [-0.15, -0.1) is 0 Å². The smallest absolute Gasteiger partial charge is 0.132 e. The summed E-state index contributed by atoms with van der Waals surface area (Å²) in [7, 11) is 0. The molecule has 1 fully saturated rings. The zero-order valence-corrected chi connectivity index (χ0v) is 14.8. The van der Waals surface area contributed by atoms with Crippen LogP contribution >= 0.6 is 0 Å². The second-order valence-electron chi connectivity index (χ2n) is 6.78. The molecule has 1 saturated carbocycles. The number of aromatic nitrogens is 2. The summed E-state index contributed by atoms with van der Waals surface area (Å²) in [4.78, 5) is 9.09. The van der Waals surface area contributed by atoms with E-state index in [9.17, 15) is 0 Å². The molecule has 0 aliphatic heterocycles. The minimum Gasteiger partial charge on any atom is -0.404 e. The van der Waals surface area contributed by atoms with Crippen molar-refractivity contribution in [2.24, 2.45) is 17.4 Å². The molecule has 0 spiro atoms. The lowest BCUT2D eigenvalue weighted by molar-refractivity contribution is 0.445. The standard InChI is InChI=1S/C19H26N6/c1-12(2)13(10-20)8-18(21)25-19-7-6-16-17(24-19)9-15(11-22-16)23-14-4-3-5-14/h6-12,14,23H,3-5,20-21H2,1-2H3,(H,24,25)/b13-10+,18-8+. The van der Waals surface area contributed by atoms with Crippen molar-refractivity contribution in [3.8, 4) is 0 Å². The Labute approximate surface area is 148 Å². The maximum atomic E-state index is 6.07. The number of allylic oxidation sites excluding steroid dienone is 2. The van der Waals surface area contributed by atoms with Crippen LogP contribution in [0.2, 0.25) is 0 Å². The highest BCUT2D eigenvalue weighted by Gasteiger charge is 2.17. The first-order chi connectivity index (χ1) is 12.0. The first kappa shape index (κ1) is 17.1. The fourth-order valence-corrected chi connectivity index (χ4v) is 2.71. The number of fused-ring (bicyclic) bond motifs is 1. The Balaban J connectivity index is 1.78. The normalized spacial score (nSPS) is 16.1. The van der Waals surface area contributed by atoms with Crippen molar-refractivity contribution in [2.45, 2.75) is 39.2 Å². The summed E-state index contributed by atoms with van der Waals surface area (Å²) in [5.74, 6) is 1.50. The highest BCUT2D eigenvalue weighted by atomic mass is 15.1. The van der Waals surface area contributed by atoms with Crippen LogP contribution in [-0.4, -0.2) is 16.0 Å². The van der Waals surface area contributed by atoms with Crippen LogP contribution in [0, 0.1) is 5.92 Å². The van der Waals surface area contributed by atoms with E-state index in [1.165, 1.54) is 19.3 Å². The summed E-state index contributed by atoms with van der Waals surface area (Å²) in [6.07, 6.45) is 9.03. The van der Waals surface area contributed by atoms with Crippen molar-refractivity contribution in [1.82, 2.24) is 9.97 Å². The van der Waals surface area contributed by atoms with Crippen LogP contribution in [0.25, 0.3) is 11.0 Å². The van der Waals surface area contributed by atoms with E-state index < -0.39 is 0 Å². The van der Waals surface area contributed by atoms with Gasteiger partial charge in [0.2, 0.25) is 0 Å². The fraction of sp³-hybridized carbons (Fsp3) is 0.368. The number of anilines is 2. The number of hydrogen-bond donors (Lipinski definition) is 4. The molecule has 1 aliphatic rings. The van der Waals surface area contributed by atoms with E-state index >= 15 is 0 Å². The minimum atomic E-state index is 0.305. The average Bonchev–Trinajstić information content (AvgIpc) is 2.55. The summed E-state index contributed by atoms with van der Waals surface area (Å²) in [5.41, 5.74) is 15.4.